The predicted octanol–water partition coefficient (Wildman–Crippen LogP) is 1.67. The van der Waals surface area contributed by atoms with Crippen LogP contribution in [0.2, 0.25) is 0 Å². The number of hydrogen-bond acceptors (Lipinski definition) is 2. The van der Waals surface area contributed by atoms with Crippen LogP contribution in [-0.4, -0.2) is 18.4 Å². The van der Waals surface area contributed by atoms with Gasteiger partial charge < -0.3 is 5.32 Å². The van der Waals surface area contributed by atoms with Gasteiger partial charge in [-0.3, -0.25) is 4.99 Å². The normalized spacial score (nSPS) is 24.2. The Hall–Kier alpha value is -0.530. The fourth-order valence-corrected chi connectivity index (χ4v) is 1.22. The third-order valence-corrected chi connectivity index (χ3v) is 2.11. The van der Waals surface area contributed by atoms with Gasteiger partial charge in [-0.05, 0) is 5.92 Å². The number of rotatable bonds is 2. The van der Waals surface area contributed by atoms with E-state index in [1.54, 1.807) is 0 Å². The van der Waals surface area contributed by atoms with E-state index in [0.29, 0.717) is 17.9 Å². The maximum atomic E-state index is 4.59. The summed E-state index contributed by atoms with van der Waals surface area (Å²) in [5.74, 6) is 2.40. The number of nitrogens with zero attached hydrogens (tertiary/aromatic N) is 1. The largest absolute Gasteiger partial charge is 0.371 e. The van der Waals surface area contributed by atoms with E-state index in [1.165, 1.54) is 5.84 Å². The summed E-state index contributed by atoms with van der Waals surface area (Å²) in [5, 5.41) is 3.34. The van der Waals surface area contributed by atoms with Crippen molar-refractivity contribution in [2.24, 2.45) is 16.8 Å². The molecule has 1 rings (SSSR count). The maximum absolute atomic E-state index is 4.59. The molecule has 1 aliphatic rings. The molecule has 2 nitrogen and oxygen atoms in total. The highest BCUT2D eigenvalue weighted by Gasteiger charge is 2.20. The number of amidine groups is 1. The third kappa shape index (κ3) is 1.95. The van der Waals surface area contributed by atoms with Gasteiger partial charge in [0.2, 0.25) is 0 Å². The zero-order chi connectivity index (χ0) is 8.43. The molecule has 0 aromatic heterocycles. The minimum Gasteiger partial charge on any atom is -0.371 e. The van der Waals surface area contributed by atoms with Gasteiger partial charge in [0.15, 0.2) is 0 Å². The molecule has 1 heterocycles. The van der Waals surface area contributed by atoms with Gasteiger partial charge in [0.1, 0.15) is 0 Å². The van der Waals surface area contributed by atoms with E-state index in [9.17, 15) is 0 Å². The molecular weight excluding hydrogens is 136 g/mol. The molecule has 0 aliphatic carbocycles. The van der Waals surface area contributed by atoms with Crippen molar-refractivity contribution < 1.29 is 0 Å². The lowest BCUT2D eigenvalue weighted by molar-refractivity contribution is 0.512. The molecule has 0 radical (unpaired) electrons. The lowest BCUT2D eigenvalue weighted by atomic mass is 10.1. The van der Waals surface area contributed by atoms with Crippen LogP contribution < -0.4 is 5.32 Å². The Morgan fingerprint density at radius 1 is 1.36 bits per heavy atom. The molecule has 1 atom stereocenters. The highest BCUT2D eigenvalue weighted by molar-refractivity contribution is 5.85. The van der Waals surface area contributed by atoms with Crippen LogP contribution in [0, 0.1) is 11.8 Å². The first-order valence-corrected chi connectivity index (χ1v) is 4.43. The quantitative estimate of drug-likeness (QED) is 0.643. The van der Waals surface area contributed by atoms with Gasteiger partial charge in [-0.1, -0.05) is 27.7 Å². The molecule has 0 saturated heterocycles. The molecule has 0 bridgehead atoms. The Kier molecular flexibility index (Phi) is 2.53. The fourth-order valence-electron chi connectivity index (χ4n) is 1.22. The van der Waals surface area contributed by atoms with Crippen molar-refractivity contribution in [2.45, 2.75) is 33.7 Å². The highest BCUT2D eigenvalue weighted by Crippen LogP contribution is 2.12. The fraction of sp³-hybridized carbons (Fsp3) is 0.889. The Balaban J connectivity index is 2.54. The molecule has 0 aromatic carbocycles. The van der Waals surface area contributed by atoms with Gasteiger partial charge in [-0.2, -0.15) is 0 Å². The highest BCUT2D eigenvalue weighted by atomic mass is 15.1. The lowest BCUT2D eigenvalue weighted by Crippen LogP contribution is -2.26. The number of nitrogens with one attached hydrogen (secondary N) is 1. The lowest BCUT2D eigenvalue weighted by Gasteiger charge is -2.08. The summed E-state index contributed by atoms with van der Waals surface area (Å²) < 4.78 is 0. The third-order valence-electron chi connectivity index (χ3n) is 2.11. The maximum Gasteiger partial charge on any atom is 0.0993 e. The van der Waals surface area contributed by atoms with Crippen LogP contribution in [0.25, 0.3) is 0 Å². The van der Waals surface area contributed by atoms with Crippen molar-refractivity contribution in [1.82, 2.24) is 5.32 Å². The van der Waals surface area contributed by atoms with Gasteiger partial charge in [0.25, 0.3) is 0 Å². The van der Waals surface area contributed by atoms with Gasteiger partial charge in [0.05, 0.1) is 11.9 Å². The minimum absolute atomic E-state index is 0.507. The second-order valence-corrected chi connectivity index (χ2v) is 3.86. The van der Waals surface area contributed by atoms with Crippen molar-refractivity contribution in [3.63, 3.8) is 0 Å². The van der Waals surface area contributed by atoms with E-state index < -0.39 is 0 Å². The first-order chi connectivity index (χ1) is 5.11. The van der Waals surface area contributed by atoms with Crippen LogP contribution in [0.1, 0.15) is 27.7 Å². The second-order valence-electron chi connectivity index (χ2n) is 3.86. The predicted molar refractivity (Wildman–Crippen MR) is 48.9 cm³/mol. The second kappa shape index (κ2) is 3.24. The Bertz CT molecular complexity index is 159. The first kappa shape index (κ1) is 8.57. The SMILES string of the molecule is CC(C)C1=NC(C(C)C)CN1. The monoisotopic (exact) mass is 154 g/mol. The Morgan fingerprint density at radius 2 is 2.00 bits per heavy atom. The first-order valence-electron chi connectivity index (χ1n) is 4.43. The van der Waals surface area contributed by atoms with Crippen LogP contribution in [0.3, 0.4) is 0 Å². The van der Waals surface area contributed by atoms with E-state index in [0.717, 1.165) is 6.54 Å². The molecule has 64 valence electrons. The van der Waals surface area contributed by atoms with Crippen LogP contribution >= 0.6 is 0 Å². The molecule has 0 spiro atoms. The van der Waals surface area contributed by atoms with Crippen LogP contribution in [0.4, 0.5) is 0 Å². The molecule has 0 amide bonds. The van der Waals surface area contributed by atoms with Crippen molar-refractivity contribution in [2.75, 3.05) is 6.54 Å². The summed E-state index contributed by atoms with van der Waals surface area (Å²) in [5.41, 5.74) is 0. The topological polar surface area (TPSA) is 24.4 Å². The number of aliphatic imine (C=N–C) groups is 1. The molecule has 1 aliphatic heterocycles. The van der Waals surface area contributed by atoms with Crippen molar-refractivity contribution in [3.8, 4) is 0 Å². The molecule has 0 aromatic rings. The van der Waals surface area contributed by atoms with Crippen molar-refractivity contribution >= 4 is 5.84 Å². The van der Waals surface area contributed by atoms with Gasteiger partial charge in [-0.15, -0.1) is 0 Å². The summed E-state index contributed by atoms with van der Waals surface area (Å²) in [6, 6.07) is 0.507. The average molecular weight is 154 g/mol. The van der Waals surface area contributed by atoms with E-state index in [1.807, 2.05) is 0 Å². The molecule has 0 saturated carbocycles. The Labute approximate surface area is 69.1 Å². The summed E-state index contributed by atoms with van der Waals surface area (Å²) in [4.78, 5) is 4.59. The summed E-state index contributed by atoms with van der Waals surface area (Å²) in [7, 11) is 0. The van der Waals surface area contributed by atoms with Crippen LogP contribution in [0.15, 0.2) is 4.99 Å². The van der Waals surface area contributed by atoms with Gasteiger partial charge >= 0.3 is 0 Å². The van der Waals surface area contributed by atoms with E-state index in [-0.39, 0.29) is 0 Å². The molecular formula is C9H18N2. The standard InChI is InChI=1S/C9H18N2/c1-6(2)8-5-10-9(11-8)7(3)4/h6-8H,5H2,1-4H3,(H,10,11). The van der Waals surface area contributed by atoms with Gasteiger partial charge in [0, 0.05) is 12.5 Å². The smallest absolute Gasteiger partial charge is 0.0993 e. The van der Waals surface area contributed by atoms with E-state index >= 15 is 0 Å². The van der Waals surface area contributed by atoms with E-state index in [2.05, 4.69) is 38.0 Å². The van der Waals surface area contributed by atoms with Crippen LogP contribution in [0.5, 0.6) is 0 Å². The molecule has 11 heavy (non-hydrogen) atoms. The van der Waals surface area contributed by atoms with Gasteiger partial charge in [-0.25, -0.2) is 0 Å². The van der Waals surface area contributed by atoms with Crippen LogP contribution in [-0.2, 0) is 0 Å². The summed E-state index contributed by atoms with van der Waals surface area (Å²) in [6.07, 6.45) is 0. The molecule has 2 heteroatoms. The molecule has 0 fully saturated rings. The summed E-state index contributed by atoms with van der Waals surface area (Å²) >= 11 is 0. The van der Waals surface area contributed by atoms with Crippen molar-refractivity contribution in [1.29, 1.82) is 0 Å². The van der Waals surface area contributed by atoms with Crippen molar-refractivity contribution in [3.05, 3.63) is 0 Å². The molecule has 1 N–H and O–H groups in total. The minimum atomic E-state index is 0.507. The summed E-state index contributed by atoms with van der Waals surface area (Å²) in [6.45, 7) is 9.83. The average Bonchev–Trinajstić information content (AvgIpc) is 2.33. The zero-order valence-electron chi connectivity index (χ0n) is 7.89. The zero-order valence-corrected chi connectivity index (χ0v) is 7.89. The number of hydrogen-bond donors (Lipinski definition) is 1. The Morgan fingerprint density at radius 3 is 2.27 bits per heavy atom. The van der Waals surface area contributed by atoms with E-state index in [4.69, 9.17) is 0 Å². The molecule has 1 unspecified atom stereocenters.